The van der Waals surface area contributed by atoms with Gasteiger partial charge in [-0.15, -0.1) is 0 Å². The number of likely N-dealkylation sites (tertiary alicyclic amines) is 2. The first-order valence-corrected chi connectivity index (χ1v) is 12.3. The lowest BCUT2D eigenvalue weighted by Gasteiger charge is -2.47. The van der Waals surface area contributed by atoms with Gasteiger partial charge in [0.1, 0.15) is 5.76 Å². The summed E-state index contributed by atoms with van der Waals surface area (Å²) in [5.41, 5.74) is 1.79. The van der Waals surface area contributed by atoms with E-state index >= 15 is 0 Å². The van der Waals surface area contributed by atoms with Crippen LogP contribution in [0.5, 0.6) is 0 Å². The Labute approximate surface area is 206 Å². The van der Waals surface area contributed by atoms with Crippen LogP contribution in [0.1, 0.15) is 37.5 Å². The standard InChI is InChI=1S/C29H32N2O4/c1-21(16-25-8-5-15-35-25)19-30-13-11-29(12-14-30)26(28(33)34-2)18-27(32)31(29)20-22-9-10-23-6-3-4-7-24(23)17-22/h3-10,15-17,26H,11-14,18-20H2,1-2H3/b21-16+. The normalized spacial score (nSPS) is 20.6. The lowest BCUT2D eigenvalue weighted by molar-refractivity contribution is -0.150. The molecule has 1 atom stereocenters. The van der Waals surface area contributed by atoms with E-state index in [1.807, 2.05) is 29.2 Å². The zero-order valence-corrected chi connectivity index (χ0v) is 20.4. The van der Waals surface area contributed by atoms with Crippen LogP contribution in [0.15, 0.2) is 70.9 Å². The molecule has 0 saturated carbocycles. The number of methoxy groups -OCH3 is 1. The summed E-state index contributed by atoms with van der Waals surface area (Å²) in [6.07, 6.45) is 5.46. The second-order valence-corrected chi connectivity index (χ2v) is 9.83. The summed E-state index contributed by atoms with van der Waals surface area (Å²) in [6, 6.07) is 18.4. The summed E-state index contributed by atoms with van der Waals surface area (Å²) < 4.78 is 10.6. The number of ether oxygens (including phenoxy) is 1. The van der Waals surface area contributed by atoms with Crippen molar-refractivity contribution < 1.29 is 18.7 Å². The van der Waals surface area contributed by atoms with Crippen LogP contribution in [0.4, 0.5) is 0 Å². The molecule has 3 heterocycles. The highest BCUT2D eigenvalue weighted by molar-refractivity contribution is 5.89. The molecule has 5 rings (SSSR count). The van der Waals surface area contributed by atoms with Crippen LogP contribution < -0.4 is 0 Å². The van der Waals surface area contributed by atoms with Crippen LogP contribution in [-0.2, 0) is 20.9 Å². The average Bonchev–Trinajstić information content (AvgIpc) is 3.47. The molecule has 2 fully saturated rings. The minimum atomic E-state index is -0.509. The molecule has 3 aromatic rings. The van der Waals surface area contributed by atoms with Crippen molar-refractivity contribution in [2.24, 2.45) is 5.92 Å². The summed E-state index contributed by atoms with van der Waals surface area (Å²) in [6.45, 7) is 5.08. The molecule has 2 saturated heterocycles. The third-order valence-corrected chi connectivity index (χ3v) is 7.63. The van der Waals surface area contributed by atoms with Crippen LogP contribution in [0.3, 0.4) is 0 Å². The van der Waals surface area contributed by atoms with Crippen molar-refractivity contribution in [1.29, 1.82) is 0 Å². The van der Waals surface area contributed by atoms with E-state index in [1.165, 1.54) is 18.1 Å². The molecule has 35 heavy (non-hydrogen) atoms. The van der Waals surface area contributed by atoms with Crippen LogP contribution in [-0.4, -0.2) is 54.0 Å². The van der Waals surface area contributed by atoms with E-state index < -0.39 is 11.5 Å². The quantitative estimate of drug-likeness (QED) is 0.478. The number of hydrogen-bond acceptors (Lipinski definition) is 5. The van der Waals surface area contributed by atoms with E-state index in [4.69, 9.17) is 9.15 Å². The minimum absolute atomic E-state index is 0.0379. The Balaban J connectivity index is 1.36. The van der Waals surface area contributed by atoms with Gasteiger partial charge in [-0.05, 0) is 60.4 Å². The lowest BCUT2D eigenvalue weighted by atomic mass is 9.76. The van der Waals surface area contributed by atoms with Gasteiger partial charge in [0.15, 0.2) is 0 Å². The maximum absolute atomic E-state index is 13.3. The number of carbonyl (C=O) groups is 2. The van der Waals surface area contributed by atoms with Gasteiger partial charge in [0.05, 0.1) is 24.8 Å². The van der Waals surface area contributed by atoms with Crippen LogP contribution >= 0.6 is 0 Å². The Kier molecular flexibility index (Phi) is 6.48. The summed E-state index contributed by atoms with van der Waals surface area (Å²) in [4.78, 5) is 30.4. The van der Waals surface area contributed by atoms with Crippen LogP contribution in [0.25, 0.3) is 16.8 Å². The van der Waals surface area contributed by atoms with E-state index in [1.54, 1.807) is 6.26 Å². The molecule has 2 aliphatic heterocycles. The van der Waals surface area contributed by atoms with Gasteiger partial charge in [0.25, 0.3) is 0 Å². The number of nitrogens with zero attached hydrogens (tertiary/aromatic N) is 2. The van der Waals surface area contributed by atoms with E-state index in [2.05, 4.69) is 48.2 Å². The minimum Gasteiger partial charge on any atom is -0.469 e. The maximum atomic E-state index is 13.3. The fourth-order valence-corrected chi connectivity index (χ4v) is 5.85. The number of furan rings is 1. The zero-order chi connectivity index (χ0) is 24.4. The molecule has 0 N–H and O–H groups in total. The van der Waals surface area contributed by atoms with Crippen molar-refractivity contribution in [2.75, 3.05) is 26.7 Å². The fourth-order valence-electron chi connectivity index (χ4n) is 5.85. The number of piperidine rings is 1. The number of benzene rings is 2. The van der Waals surface area contributed by atoms with Crippen LogP contribution in [0, 0.1) is 5.92 Å². The predicted molar refractivity (Wildman–Crippen MR) is 135 cm³/mol. The van der Waals surface area contributed by atoms with E-state index in [0.29, 0.717) is 6.54 Å². The Morgan fingerprint density at radius 3 is 2.60 bits per heavy atom. The molecule has 2 aliphatic rings. The van der Waals surface area contributed by atoms with Gasteiger partial charge >= 0.3 is 5.97 Å². The molecular formula is C29H32N2O4. The average molecular weight is 473 g/mol. The SMILES string of the molecule is COC(=O)C1CC(=O)N(Cc2ccc3ccccc3c2)C12CCN(C/C(C)=C/c1ccco1)CC2. The lowest BCUT2D eigenvalue weighted by Crippen LogP contribution is -2.57. The third kappa shape index (κ3) is 4.63. The number of fused-ring (bicyclic) bond motifs is 1. The zero-order valence-electron chi connectivity index (χ0n) is 20.4. The molecule has 1 aromatic heterocycles. The highest BCUT2D eigenvalue weighted by atomic mass is 16.5. The van der Waals surface area contributed by atoms with E-state index in [9.17, 15) is 9.59 Å². The Hall–Kier alpha value is -3.38. The molecule has 1 spiro atoms. The number of hydrogen-bond donors (Lipinski definition) is 0. The van der Waals surface area contributed by atoms with E-state index in [-0.39, 0.29) is 18.3 Å². The van der Waals surface area contributed by atoms with Crippen molar-refractivity contribution in [3.8, 4) is 0 Å². The van der Waals surface area contributed by atoms with Gasteiger partial charge < -0.3 is 14.1 Å². The molecule has 6 heteroatoms. The largest absolute Gasteiger partial charge is 0.469 e. The molecule has 2 aromatic carbocycles. The molecule has 0 bridgehead atoms. The Morgan fingerprint density at radius 1 is 1.11 bits per heavy atom. The highest BCUT2D eigenvalue weighted by Gasteiger charge is 2.56. The Morgan fingerprint density at radius 2 is 1.89 bits per heavy atom. The maximum Gasteiger partial charge on any atom is 0.311 e. The second kappa shape index (κ2) is 9.70. The number of esters is 1. The molecule has 1 amide bonds. The van der Waals surface area contributed by atoms with Gasteiger partial charge in [0.2, 0.25) is 5.91 Å². The van der Waals surface area contributed by atoms with E-state index in [0.717, 1.165) is 49.2 Å². The summed E-state index contributed by atoms with van der Waals surface area (Å²) in [5.74, 6) is 0.185. The monoisotopic (exact) mass is 472 g/mol. The number of carbonyl (C=O) groups excluding carboxylic acids is 2. The highest BCUT2D eigenvalue weighted by Crippen LogP contribution is 2.45. The number of rotatable bonds is 6. The second-order valence-electron chi connectivity index (χ2n) is 9.83. The van der Waals surface area contributed by atoms with Crippen molar-refractivity contribution in [2.45, 2.75) is 38.3 Å². The summed E-state index contributed by atoms with van der Waals surface area (Å²) >= 11 is 0. The van der Waals surface area contributed by atoms with Gasteiger partial charge in [-0.1, -0.05) is 42.0 Å². The van der Waals surface area contributed by atoms with Crippen molar-refractivity contribution >= 4 is 28.7 Å². The predicted octanol–water partition coefficient (Wildman–Crippen LogP) is 4.89. The molecule has 182 valence electrons. The Bertz CT molecular complexity index is 1240. The van der Waals surface area contributed by atoms with Gasteiger partial charge in [-0.2, -0.15) is 0 Å². The molecule has 0 aliphatic carbocycles. The van der Waals surface area contributed by atoms with Crippen LogP contribution in [0.2, 0.25) is 0 Å². The van der Waals surface area contributed by atoms with Gasteiger partial charge in [-0.25, -0.2) is 0 Å². The van der Waals surface area contributed by atoms with Crippen molar-refractivity contribution in [1.82, 2.24) is 9.80 Å². The summed E-state index contributed by atoms with van der Waals surface area (Å²) in [7, 11) is 1.42. The fraction of sp³-hybridized carbons (Fsp3) is 0.379. The number of amides is 1. The molecular weight excluding hydrogens is 440 g/mol. The first kappa shape index (κ1) is 23.4. The molecule has 1 unspecified atom stereocenters. The first-order chi connectivity index (χ1) is 17.0. The molecule has 6 nitrogen and oxygen atoms in total. The summed E-state index contributed by atoms with van der Waals surface area (Å²) in [5, 5.41) is 2.33. The van der Waals surface area contributed by atoms with Gasteiger partial charge in [0, 0.05) is 32.6 Å². The first-order valence-electron chi connectivity index (χ1n) is 12.3. The topological polar surface area (TPSA) is 63.0 Å². The molecule has 0 radical (unpaired) electrons. The van der Waals surface area contributed by atoms with Gasteiger partial charge in [-0.3, -0.25) is 14.5 Å². The third-order valence-electron chi connectivity index (χ3n) is 7.63. The van der Waals surface area contributed by atoms with Crippen molar-refractivity contribution in [3.05, 3.63) is 77.8 Å². The smallest absolute Gasteiger partial charge is 0.311 e. The van der Waals surface area contributed by atoms with Crippen molar-refractivity contribution in [3.63, 3.8) is 0 Å².